The van der Waals surface area contributed by atoms with Gasteiger partial charge in [0.05, 0.1) is 11.3 Å². The number of aryl methyl sites for hydroxylation is 1. The monoisotopic (exact) mass is 738 g/mol. The summed E-state index contributed by atoms with van der Waals surface area (Å²) in [5, 5.41) is 5.07. The molecule has 5 rings (SSSR count). The first-order chi connectivity index (χ1) is 24.8. The number of allylic oxidation sites excluding steroid dienone is 1. The molecule has 1 fully saturated rings. The van der Waals surface area contributed by atoms with Crippen LogP contribution in [0.2, 0.25) is 0 Å². The molecule has 0 bridgehead atoms. The largest absolute Gasteiger partial charge is 0.439 e. The Labute approximate surface area is 309 Å². The van der Waals surface area contributed by atoms with E-state index in [9.17, 15) is 22.8 Å². The smallest absolute Gasteiger partial charge is 0.326 e. The summed E-state index contributed by atoms with van der Waals surface area (Å²) in [7, 11) is 0. The van der Waals surface area contributed by atoms with Crippen LogP contribution in [0.3, 0.4) is 0 Å². The molecule has 13 heteroatoms. The van der Waals surface area contributed by atoms with E-state index in [0.717, 1.165) is 29.5 Å². The summed E-state index contributed by atoms with van der Waals surface area (Å²) in [6, 6.07) is 9.68. The Morgan fingerprint density at radius 1 is 1.08 bits per heavy atom. The summed E-state index contributed by atoms with van der Waals surface area (Å²) >= 11 is 1.58. The fraction of sp³-hybridized carbons (Fsp3) is 0.410. The van der Waals surface area contributed by atoms with Crippen LogP contribution in [0.1, 0.15) is 75.5 Å². The van der Waals surface area contributed by atoms with Gasteiger partial charge in [0.1, 0.15) is 23.2 Å². The summed E-state index contributed by atoms with van der Waals surface area (Å²) in [5.74, 6) is -2.09. The van der Waals surface area contributed by atoms with Crippen molar-refractivity contribution in [1.82, 2.24) is 19.9 Å². The third-order valence-corrected chi connectivity index (χ3v) is 9.32. The Balaban J connectivity index is 0.00000297. The fourth-order valence-corrected chi connectivity index (χ4v) is 6.66. The number of hydrogen-bond donors (Lipinski definition) is 3. The maximum Gasteiger partial charge on any atom is 0.326 e. The quantitative estimate of drug-likeness (QED) is 0.170. The number of carbonyl (C=O) groups excluding carboxylic acids is 2. The Hall–Kier alpha value is -4.33. The number of carbonyl (C=O) groups is 2. The Morgan fingerprint density at radius 2 is 1.81 bits per heavy atom. The molecule has 0 saturated carbocycles. The number of ether oxygens (including phenoxy) is 1. The molecule has 2 aromatic carbocycles. The summed E-state index contributed by atoms with van der Waals surface area (Å²) in [6.07, 6.45) is 9.99. The lowest BCUT2D eigenvalue weighted by molar-refractivity contribution is 0.0939. The van der Waals surface area contributed by atoms with Crippen LogP contribution in [0.15, 0.2) is 72.5 Å². The summed E-state index contributed by atoms with van der Waals surface area (Å²) in [6.45, 7) is 13.4. The van der Waals surface area contributed by atoms with Crippen molar-refractivity contribution < 1.29 is 27.5 Å². The number of aromatic nitrogens is 1. The molecular formula is C39H49F3N6O3S. The molecule has 3 aromatic rings. The number of likely N-dealkylation sites (tertiary alicyclic amines) is 1. The number of benzene rings is 2. The molecule has 1 aliphatic carbocycles. The Bertz CT molecular complexity index is 1780. The second-order valence-electron chi connectivity index (χ2n) is 13.1. The zero-order chi connectivity index (χ0) is 38.0. The number of piperidine rings is 1. The van der Waals surface area contributed by atoms with Crippen LogP contribution in [0.4, 0.5) is 29.3 Å². The minimum absolute atomic E-state index is 0.123. The van der Waals surface area contributed by atoms with Gasteiger partial charge in [-0.3, -0.25) is 19.3 Å². The third kappa shape index (κ3) is 10.6. The molecule has 1 aromatic heterocycles. The van der Waals surface area contributed by atoms with Crippen molar-refractivity contribution >= 4 is 35.3 Å². The van der Waals surface area contributed by atoms with Gasteiger partial charge >= 0.3 is 6.03 Å². The molecule has 280 valence electrons. The molecule has 0 radical (unpaired) electrons. The molecule has 0 spiro atoms. The lowest BCUT2D eigenvalue weighted by atomic mass is 9.94. The Kier molecular flexibility index (Phi) is 14.3. The molecule has 1 aliphatic heterocycles. The predicted octanol–water partition coefficient (Wildman–Crippen LogP) is 8.52. The minimum Gasteiger partial charge on any atom is -0.439 e. The molecule has 52 heavy (non-hydrogen) atoms. The van der Waals surface area contributed by atoms with Gasteiger partial charge in [0.25, 0.3) is 5.91 Å². The summed E-state index contributed by atoms with van der Waals surface area (Å²) in [4.78, 5) is 34.6. The second kappa shape index (κ2) is 18.4. The Morgan fingerprint density at radius 3 is 2.42 bits per heavy atom. The number of halogens is 3. The standard InChI is InChI=1S/C37H43F3N6O3S.C2H6/c1-23(2)41-35(47)30-20-33(32(40)21-31(30)39)43-36(48)46(28-8-6-7-26(38)19-28)27-13-17-45(18-14-27)22-25-9-10-34(42-24(25)3)49-29-11-15-37(4,16-12-29)44-50-5;1-2/h6-12,15,19-21,23,27,44H,13-14,16-18,22H2,1-5H3,(H,41,47)(H,43,48);1-2H3. The number of hydrogen-bond acceptors (Lipinski definition) is 7. The summed E-state index contributed by atoms with van der Waals surface area (Å²) < 4.78 is 53.2. The van der Waals surface area contributed by atoms with E-state index in [2.05, 4.69) is 38.2 Å². The predicted molar refractivity (Wildman–Crippen MR) is 203 cm³/mol. The van der Waals surface area contributed by atoms with Crippen molar-refractivity contribution in [3.05, 3.63) is 107 Å². The average molecular weight is 739 g/mol. The van der Waals surface area contributed by atoms with E-state index in [4.69, 9.17) is 4.74 Å². The van der Waals surface area contributed by atoms with Gasteiger partial charge < -0.3 is 15.4 Å². The highest BCUT2D eigenvalue weighted by Crippen LogP contribution is 2.29. The van der Waals surface area contributed by atoms with E-state index in [1.165, 1.54) is 23.1 Å². The first-order valence-corrected chi connectivity index (χ1v) is 18.8. The van der Waals surface area contributed by atoms with Crippen LogP contribution in [0.5, 0.6) is 5.88 Å². The van der Waals surface area contributed by atoms with Crippen molar-refractivity contribution in [3.8, 4) is 5.88 Å². The molecule has 3 amide bonds. The van der Waals surface area contributed by atoms with E-state index < -0.39 is 35.0 Å². The SMILES string of the molecule is CC.CSNC1(C)C=CC(Oc2ccc(CN3CCC(N(C(=O)Nc4cc(C(=O)NC(C)C)c(F)cc4F)c4cccc(F)c4)CC3)c(C)n2)=CC1. The van der Waals surface area contributed by atoms with E-state index in [-0.39, 0.29) is 23.3 Å². The van der Waals surface area contributed by atoms with Crippen molar-refractivity contribution in [1.29, 1.82) is 0 Å². The lowest BCUT2D eigenvalue weighted by Crippen LogP contribution is -2.49. The zero-order valence-corrected chi connectivity index (χ0v) is 31.7. The van der Waals surface area contributed by atoms with Crippen molar-refractivity contribution in [2.24, 2.45) is 0 Å². The van der Waals surface area contributed by atoms with Crippen LogP contribution in [-0.2, 0) is 6.54 Å². The number of nitrogens with zero attached hydrogens (tertiary/aromatic N) is 3. The van der Waals surface area contributed by atoms with Crippen molar-refractivity contribution in [2.45, 2.75) is 85.0 Å². The lowest BCUT2D eigenvalue weighted by Gasteiger charge is -2.38. The minimum atomic E-state index is -1.05. The number of nitrogens with one attached hydrogen (secondary N) is 3. The summed E-state index contributed by atoms with van der Waals surface area (Å²) in [5.41, 5.74) is 1.31. The number of rotatable bonds is 11. The topological polar surface area (TPSA) is 98.8 Å². The van der Waals surface area contributed by atoms with Gasteiger partial charge in [-0.1, -0.05) is 44.0 Å². The highest BCUT2D eigenvalue weighted by molar-refractivity contribution is 7.96. The van der Waals surface area contributed by atoms with Crippen LogP contribution in [-0.4, -0.2) is 58.8 Å². The van der Waals surface area contributed by atoms with Gasteiger partial charge in [0.2, 0.25) is 5.88 Å². The normalized spacial score (nSPS) is 17.6. The number of anilines is 2. The van der Waals surface area contributed by atoms with E-state index in [1.807, 2.05) is 51.3 Å². The third-order valence-electron chi connectivity index (χ3n) is 8.65. The second-order valence-corrected chi connectivity index (χ2v) is 13.7. The van der Waals surface area contributed by atoms with Gasteiger partial charge in [-0.2, -0.15) is 0 Å². The van der Waals surface area contributed by atoms with E-state index in [1.54, 1.807) is 31.9 Å². The van der Waals surface area contributed by atoms with Crippen molar-refractivity contribution in [2.75, 3.05) is 29.6 Å². The average Bonchev–Trinajstić information content (AvgIpc) is 3.10. The first-order valence-electron chi connectivity index (χ1n) is 17.6. The molecule has 1 unspecified atom stereocenters. The number of pyridine rings is 1. The number of amides is 3. The highest BCUT2D eigenvalue weighted by Gasteiger charge is 2.31. The van der Waals surface area contributed by atoms with E-state index in [0.29, 0.717) is 50.1 Å². The van der Waals surface area contributed by atoms with Gasteiger partial charge in [-0.15, -0.1) is 0 Å². The molecule has 2 aliphatic rings. The fourth-order valence-electron chi connectivity index (χ4n) is 6.04. The molecule has 3 N–H and O–H groups in total. The molecule has 1 atom stereocenters. The van der Waals surface area contributed by atoms with Gasteiger partial charge in [-0.25, -0.2) is 22.9 Å². The van der Waals surface area contributed by atoms with Gasteiger partial charge in [0, 0.05) is 60.8 Å². The highest BCUT2D eigenvalue weighted by atomic mass is 32.2. The van der Waals surface area contributed by atoms with Crippen LogP contribution < -0.4 is 25.0 Å². The van der Waals surface area contributed by atoms with Gasteiger partial charge in [0.15, 0.2) is 0 Å². The van der Waals surface area contributed by atoms with E-state index >= 15 is 0 Å². The molecule has 1 saturated heterocycles. The van der Waals surface area contributed by atoms with Gasteiger partial charge in [-0.05, 0) is 95.2 Å². The maximum absolute atomic E-state index is 14.9. The molecular weight excluding hydrogens is 690 g/mol. The van der Waals surface area contributed by atoms with Crippen LogP contribution in [0, 0.1) is 24.4 Å². The molecule has 2 heterocycles. The molecule has 9 nitrogen and oxygen atoms in total. The van der Waals surface area contributed by atoms with Crippen LogP contribution in [0.25, 0.3) is 0 Å². The van der Waals surface area contributed by atoms with Crippen molar-refractivity contribution in [3.63, 3.8) is 0 Å². The maximum atomic E-state index is 14.9. The number of urea groups is 1. The first kappa shape index (κ1) is 40.4. The van der Waals surface area contributed by atoms with Crippen LogP contribution >= 0.6 is 11.9 Å². The zero-order valence-electron chi connectivity index (χ0n) is 30.9.